The molecule has 2 heterocycles. The first-order valence-corrected chi connectivity index (χ1v) is 16.0. The average molecular weight is 615 g/mol. The number of rotatable bonds is 10. The number of carbonyl (C=O) groups excluding carboxylic acids is 3. The first-order valence-electron chi connectivity index (χ1n) is 16.0. The summed E-state index contributed by atoms with van der Waals surface area (Å²) in [4.78, 5) is 40.4. The standard InChI is InChI=1S/C38H46O7/c1-21(2)10-9-11-23(5)13-15-26-31(40)27(14-12-22(3)4)34-30(32(26)41)33(42)28-18-25-19-29-36(7,8)45-37(35(25)43,38(28,29)44-34)17-16-24(6)20-39/h10,12-13,16,18,20,25,29,40-41H,9,11,14-15,17,19H2,1-8H3/b23-13+,24-16+/t25-,29+,37+,38-/m1/s1. The van der Waals surface area contributed by atoms with E-state index in [1.807, 2.05) is 46.8 Å². The number of hydrogen-bond donors (Lipinski definition) is 2. The van der Waals surface area contributed by atoms with Crippen LogP contribution in [-0.4, -0.2) is 44.9 Å². The second-order valence-electron chi connectivity index (χ2n) is 14.2. The third kappa shape index (κ3) is 5.04. The van der Waals surface area contributed by atoms with Crippen LogP contribution in [0.15, 0.2) is 58.2 Å². The molecular weight excluding hydrogens is 568 g/mol. The smallest absolute Gasteiger partial charge is 0.200 e. The lowest BCUT2D eigenvalue weighted by molar-refractivity contribution is -0.171. The number of fused-ring (bicyclic) bond motifs is 1. The number of hydrogen-bond acceptors (Lipinski definition) is 7. The summed E-state index contributed by atoms with van der Waals surface area (Å²) in [6.07, 6.45) is 12.9. The lowest BCUT2D eigenvalue weighted by Gasteiger charge is -2.56. The van der Waals surface area contributed by atoms with Gasteiger partial charge in [-0.3, -0.25) is 14.4 Å². The zero-order chi connectivity index (χ0) is 33.1. The minimum atomic E-state index is -1.55. The SMILES string of the molecule is CC(C)=CCC/C(C)=C/Cc1c(O)c(CC=C(C)C)c2c(c1O)C(=O)C1=C[C@@H]3C[C@H]4C(C)(C)O[C@@](C/C=C(\C)C=O)(C3=O)[C@@]14O2. The molecule has 4 bridgehead atoms. The molecule has 2 N–H and O–H groups in total. The van der Waals surface area contributed by atoms with Gasteiger partial charge in [-0.15, -0.1) is 0 Å². The van der Waals surface area contributed by atoms with E-state index in [4.69, 9.17) is 9.47 Å². The molecule has 6 rings (SSSR count). The molecule has 7 nitrogen and oxygen atoms in total. The van der Waals surface area contributed by atoms with Gasteiger partial charge in [0.2, 0.25) is 0 Å². The average Bonchev–Trinajstić information content (AvgIpc) is 3.12. The van der Waals surface area contributed by atoms with E-state index in [-0.39, 0.29) is 59.3 Å². The van der Waals surface area contributed by atoms with Crippen LogP contribution in [-0.2, 0) is 27.2 Å². The van der Waals surface area contributed by atoms with Gasteiger partial charge in [0.15, 0.2) is 22.8 Å². The van der Waals surface area contributed by atoms with Crippen molar-refractivity contribution in [2.24, 2.45) is 11.8 Å². The van der Waals surface area contributed by atoms with Crippen LogP contribution in [0.3, 0.4) is 0 Å². The Hall–Kier alpha value is -3.71. The fourth-order valence-electron chi connectivity index (χ4n) is 7.77. The van der Waals surface area contributed by atoms with Gasteiger partial charge in [-0.25, -0.2) is 0 Å². The predicted octanol–water partition coefficient (Wildman–Crippen LogP) is 7.38. The van der Waals surface area contributed by atoms with E-state index in [0.717, 1.165) is 30.3 Å². The van der Waals surface area contributed by atoms with Crippen molar-refractivity contribution in [1.82, 2.24) is 0 Å². The maximum absolute atomic E-state index is 14.7. The van der Waals surface area contributed by atoms with Gasteiger partial charge in [-0.2, -0.15) is 0 Å². The normalized spacial score (nSPS) is 27.8. The van der Waals surface area contributed by atoms with Crippen molar-refractivity contribution < 1.29 is 34.1 Å². The lowest BCUT2D eigenvalue weighted by atomic mass is 9.51. The number of ketones is 2. The van der Waals surface area contributed by atoms with Gasteiger partial charge in [0, 0.05) is 35.0 Å². The molecule has 1 spiro atoms. The lowest BCUT2D eigenvalue weighted by Crippen LogP contribution is -2.72. The summed E-state index contributed by atoms with van der Waals surface area (Å²) in [7, 11) is 0. The van der Waals surface area contributed by atoms with E-state index in [0.29, 0.717) is 23.1 Å². The summed E-state index contributed by atoms with van der Waals surface area (Å²) in [5.74, 6) is -1.83. The molecule has 3 aliphatic carbocycles. The highest BCUT2D eigenvalue weighted by Crippen LogP contribution is 2.68. The molecule has 1 saturated carbocycles. The largest absolute Gasteiger partial charge is 0.507 e. The van der Waals surface area contributed by atoms with E-state index in [2.05, 4.69) is 19.9 Å². The van der Waals surface area contributed by atoms with Gasteiger partial charge < -0.3 is 19.7 Å². The quantitative estimate of drug-likeness (QED) is 0.161. The van der Waals surface area contributed by atoms with E-state index < -0.39 is 28.5 Å². The molecule has 0 amide bonds. The molecule has 5 aliphatic rings. The third-order valence-corrected chi connectivity index (χ3v) is 10.0. The summed E-state index contributed by atoms with van der Waals surface area (Å²) in [5, 5.41) is 23.4. The van der Waals surface area contributed by atoms with Crippen LogP contribution in [0, 0.1) is 11.8 Å². The molecule has 2 aliphatic heterocycles. The van der Waals surface area contributed by atoms with E-state index in [9.17, 15) is 24.6 Å². The summed E-state index contributed by atoms with van der Waals surface area (Å²) in [5.41, 5.74) is 0.953. The summed E-state index contributed by atoms with van der Waals surface area (Å²) in [6.45, 7) is 15.5. The molecular formula is C38H46O7. The molecule has 0 aromatic heterocycles. The number of phenols is 2. The van der Waals surface area contributed by atoms with Crippen LogP contribution in [0.4, 0.5) is 0 Å². The van der Waals surface area contributed by atoms with E-state index in [1.54, 1.807) is 19.1 Å². The maximum atomic E-state index is 14.7. The Morgan fingerprint density at radius 2 is 1.60 bits per heavy atom. The third-order valence-electron chi connectivity index (χ3n) is 10.0. The van der Waals surface area contributed by atoms with E-state index >= 15 is 0 Å². The molecule has 1 saturated heterocycles. The fraction of sp³-hybridized carbons (Fsp3) is 0.500. The topological polar surface area (TPSA) is 110 Å². The molecule has 1 aromatic carbocycles. The van der Waals surface area contributed by atoms with Crippen molar-refractivity contribution in [2.75, 3.05) is 0 Å². The highest BCUT2D eigenvalue weighted by molar-refractivity contribution is 6.18. The zero-order valence-corrected chi connectivity index (χ0v) is 27.8. The Kier molecular flexibility index (Phi) is 8.41. The molecule has 0 unspecified atom stereocenters. The molecule has 1 aromatic rings. The minimum absolute atomic E-state index is 0.0133. The number of Topliss-reactive ketones (excluding diaryl/α,β-unsaturated/α-hetero) is 2. The fourth-order valence-corrected chi connectivity index (χ4v) is 7.77. The van der Waals surface area contributed by atoms with Crippen molar-refractivity contribution in [3.63, 3.8) is 0 Å². The van der Waals surface area contributed by atoms with Crippen molar-refractivity contribution in [1.29, 1.82) is 0 Å². The number of aromatic hydroxyl groups is 2. The molecule has 2 fully saturated rings. The molecule has 45 heavy (non-hydrogen) atoms. The van der Waals surface area contributed by atoms with Crippen LogP contribution in [0.25, 0.3) is 0 Å². The number of benzene rings is 1. The van der Waals surface area contributed by atoms with Crippen molar-refractivity contribution in [3.05, 3.63) is 74.9 Å². The number of allylic oxidation sites excluding steroid dienone is 8. The Labute approximate surface area is 266 Å². The highest BCUT2D eigenvalue weighted by atomic mass is 16.6. The van der Waals surface area contributed by atoms with Crippen molar-refractivity contribution in [2.45, 2.75) is 111 Å². The number of ether oxygens (including phenoxy) is 2. The molecule has 7 heteroatoms. The summed E-state index contributed by atoms with van der Waals surface area (Å²) < 4.78 is 13.7. The second kappa shape index (κ2) is 11.6. The highest BCUT2D eigenvalue weighted by Gasteiger charge is 2.81. The van der Waals surface area contributed by atoms with Gasteiger partial charge in [0.05, 0.1) is 5.60 Å². The first kappa shape index (κ1) is 32.7. The number of phenolic OH excluding ortho intramolecular Hbond substituents is 2. The Bertz CT molecular complexity index is 1620. The van der Waals surface area contributed by atoms with Gasteiger partial charge in [-0.05, 0) is 93.1 Å². The number of aldehydes is 1. The van der Waals surface area contributed by atoms with Gasteiger partial charge in [0.1, 0.15) is 29.1 Å². The first-order chi connectivity index (χ1) is 21.1. The van der Waals surface area contributed by atoms with Crippen LogP contribution in [0.2, 0.25) is 0 Å². The van der Waals surface area contributed by atoms with Crippen LogP contribution < -0.4 is 4.74 Å². The zero-order valence-electron chi connectivity index (χ0n) is 27.8. The van der Waals surface area contributed by atoms with Gasteiger partial charge in [0.25, 0.3) is 0 Å². The maximum Gasteiger partial charge on any atom is 0.200 e. The predicted molar refractivity (Wildman–Crippen MR) is 174 cm³/mol. The Balaban J connectivity index is 1.71. The van der Waals surface area contributed by atoms with Gasteiger partial charge in [-0.1, -0.05) is 47.1 Å². The minimum Gasteiger partial charge on any atom is -0.507 e. The Morgan fingerprint density at radius 3 is 2.24 bits per heavy atom. The van der Waals surface area contributed by atoms with Crippen LogP contribution in [0.1, 0.15) is 103 Å². The van der Waals surface area contributed by atoms with Crippen LogP contribution >= 0.6 is 0 Å². The summed E-state index contributed by atoms with van der Waals surface area (Å²) in [6, 6.07) is 0. The number of carbonyl (C=O) groups is 3. The molecule has 240 valence electrons. The Morgan fingerprint density at radius 1 is 0.933 bits per heavy atom. The summed E-state index contributed by atoms with van der Waals surface area (Å²) >= 11 is 0. The molecule has 0 radical (unpaired) electrons. The monoisotopic (exact) mass is 614 g/mol. The van der Waals surface area contributed by atoms with Crippen molar-refractivity contribution >= 4 is 17.9 Å². The molecule has 4 atom stereocenters. The second-order valence-corrected chi connectivity index (χ2v) is 14.2. The van der Waals surface area contributed by atoms with Crippen molar-refractivity contribution in [3.8, 4) is 17.2 Å². The van der Waals surface area contributed by atoms with E-state index in [1.165, 1.54) is 5.57 Å². The van der Waals surface area contributed by atoms with Crippen LogP contribution in [0.5, 0.6) is 17.2 Å². The van der Waals surface area contributed by atoms with Gasteiger partial charge >= 0.3 is 0 Å².